The van der Waals surface area contributed by atoms with Crippen LogP contribution in [-0.2, 0) is 13.1 Å². The van der Waals surface area contributed by atoms with Gasteiger partial charge in [0.2, 0.25) is 11.2 Å². The summed E-state index contributed by atoms with van der Waals surface area (Å²) in [5, 5.41) is 0.444. The monoisotopic (exact) mass is 489 g/mol. The van der Waals surface area contributed by atoms with Crippen molar-refractivity contribution in [1.82, 2.24) is 4.90 Å². The summed E-state index contributed by atoms with van der Waals surface area (Å²) in [5.74, 6) is 3.83. The lowest BCUT2D eigenvalue weighted by molar-refractivity contribution is 0.0889. The zero-order valence-corrected chi connectivity index (χ0v) is 20.6. The molecule has 36 heavy (non-hydrogen) atoms. The van der Waals surface area contributed by atoms with Crippen LogP contribution in [0.1, 0.15) is 16.9 Å². The van der Waals surface area contributed by atoms with Gasteiger partial charge < -0.3 is 28.1 Å². The second kappa shape index (κ2) is 9.83. The van der Waals surface area contributed by atoms with Crippen LogP contribution < -0.4 is 29.1 Å². The van der Waals surface area contributed by atoms with E-state index in [1.165, 1.54) is 0 Å². The summed E-state index contributed by atoms with van der Waals surface area (Å²) in [7, 11) is 4.82. The Labute approximate surface area is 208 Å². The van der Waals surface area contributed by atoms with Crippen molar-refractivity contribution >= 4 is 11.0 Å². The molecule has 4 aromatic rings. The Morgan fingerprint density at radius 2 is 1.64 bits per heavy atom. The largest absolute Gasteiger partial charge is 0.497 e. The molecular formula is C28H27NO7. The third-order valence-corrected chi connectivity index (χ3v) is 6.16. The summed E-state index contributed by atoms with van der Waals surface area (Å²) < 4.78 is 34.0. The predicted molar refractivity (Wildman–Crippen MR) is 135 cm³/mol. The highest BCUT2D eigenvalue weighted by Gasteiger charge is 2.24. The van der Waals surface area contributed by atoms with Crippen molar-refractivity contribution in [2.75, 3.05) is 28.1 Å². The molecule has 5 rings (SSSR count). The van der Waals surface area contributed by atoms with Crippen molar-refractivity contribution in [2.24, 2.45) is 0 Å². The molecule has 0 saturated carbocycles. The molecule has 1 aliphatic heterocycles. The summed E-state index contributed by atoms with van der Waals surface area (Å²) in [6, 6.07) is 16.4. The Morgan fingerprint density at radius 1 is 0.889 bits per heavy atom. The van der Waals surface area contributed by atoms with E-state index in [0.717, 1.165) is 11.1 Å². The van der Waals surface area contributed by atoms with Gasteiger partial charge in [0.05, 0.1) is 32.3 Å². The van der Waals surface area contributed by atoms with Crippen LogP contribution in [0.5, 0.6) is 34.5 Å². The molecule has 0 bridgehead atoms. The van der Waals surface area contributed by atoms with Crippen LogP contribution in [0.4, 0.5) is 0 Å². The number of nitrogens with zero attached hydrogens (tertiary/aromatic N) is 1. The summed E-state index contributed by atoms with van der Waals surface area (Å²) in [6.45, 7) is 3.32. The molecule has 8 nitrogen and oxygen atoms in total. The van der Waals surface area contributed by atoms with Gasteiger partial charge in [-0.2, -0.15) is 0 Å². The maximum Gasteiger partial charge on any atom is 0.235 e. The summed E-state index contributed by atoms with van der Waals surface area (Å²) in [6.07, 6.45) is 0. The molecule has 0 saturated heterocycles. The van der Waals surface area contributed by atoms with Crippen molar-refractivity contribution in [1.29, 1.82) is 0 Å². The quantitative estimate of drug-likeness (QED) is 0.347. The Hall–Kier alpha value is -4.17. The number of hydrogen-bond acceptors (Lipinski definition) is 8. The molecule has 0 radical (unpaired) electrons. The van der Waals surface area contributed by atoms with E-state index in [4.69, 9.17) is 28.1 Å². The van der Waals surface area contributed by atoms with Crippen LogP contribution in [0, 0.1) is 6.92 Å². The number of fused-ring (bicyclic) bond motifs is 3. The van der Waals surface area contributed by atoms with Crippen LogP contribution >= 0.6 is 0 Å². The Morgan fingerprint density at radius 3 is 2.36 bits per heavy atom. The van der Waals surface area contributed by atoms with Gasteiger partial charge in [-0.25, -0.2) is 0 Å². The molecule has 1 aliphatic rings. The lowest BCUT2D eigenvalue weighted by atomic mass is 10.1. The molecule has 8 heteroatoms. The van der Waals surface area contributed by atoms with E-state index in [2.05, 4.69) is 4.90 Å². The molecular weight excluding hydrogens is 462 g/mol. The first-order chi connectivity index (χ1) is 17.5. The first-order valence-electron chi connectivity index (χ1n) is 11.5. The number of aryl methyl sites for hydroxylation is 1. The van der Waals surface area contributed by atoms with Crippen LogP contribution in [0.15, 0.2) is 63.8 Å². The van der Waals surface area contributed by atoms with Crippen molar-refractivity contribution in [3.63, 3.8) is 0 Å². The second-order valence-electron chi connectivity index (χ2n) is 8.46. The lowest BCUT2D eigenvalue weighted by Crippen LogP contribution is -2.31. The number of rotatable bonds is 7. The molecule has 1 aromatic heterocycles. The predicted octanol–water partition coefficient (Wildman–Crippen LogP) is 5.27. The van der Waals surface area contributed by atoms with Gasteiger partial charge in [0.15, 0.2) is 11.5 Å². The van der Waals surface area contributed by atoms with E-state index in [-0.39, 0.29) is 11.2 Å². The van der Waals surface area contributed by atoms with Crippen LogP contribution in [0.25, 0.3) is 11.0 Å². The molecule has 0 amide bonds. The minimum atomic E-state index is -0.232. The fourth-order valence-corrected chi connectivity index (χ4v) is 4.32. The van der Waals surface area contributed by atoms with Gasteiger partial charge in [-0.3, -0.25) is 9.69 Å². The zero-order chi connectivity index (χ0) is 25.2. The smallest absolute Gasteiger partial charge is 0.235 e. The Balaban J connectivity index is 1.44. The minimum Gasteiger partial charge on any atom is -0.497 e. The standard InChI is InChI=1S/C28H27NO7/c1-17-27(36-20-8-6-19(31-2)7-9-20)26(30)21-10-12-23-22(28(21)35-17)15-29(16-34-23)14-18-5-11-24(32-3)25(13-18)33-4/h5-13H,14-16H2,1-4H3. The molecule has 0 atom stereocenters. The third-order valence-electron chi connectivity index (χ3n) is 6.16. The highest BCUT2D eigenvalue weighted by Crippen LogP contribution is 2.35. The topological polar surface area (TPSA) is 79.6 Å². The molecule has 2 heterocycles. The Kier molecular flexibility index (Phi) is 6.43. The number of hydrogen-bond donors (Lipinski definition) is 0. The highest BCUT2D eigenvalue weighted by atomic mass is 16.5. The molecule has 0 spiro atoms. The SMILES string of the molecule is COc1ccc(Oc2c(C)oc3c4c(ccc3c2=O)OCN(Cc2ccc(OC)c(OC)c2)C4)cc1. The van der Waals surface area contributed by atoms with E-state index < -0.39 is 0 Å². The summed E-state index contributed by atoms with van der Waals surface area (Å²) >= 11 is 0. The fourth-order valence-electron chi connectivity index (χ4n) is 4.32. The highest BCUT2D eigenvalue weighted by molar-refractivity contribution is 5.83. The number of ether oxygens (including phenoxy) is 5. The first-order valence-corrected chi connectivity index (χ1v) is 11.5. The average molecular weight is 490 g/mol. The van der Waals surface area contributed by atoms with Crippen LogP contribution in [0.2, 0.25) is 0 Å². The normalized spacial score (nSPS) is 13.1. The van der Waals surface area contributed by atoms with Crippen molar-refractivity contribution in [3.05, 3.63) is 81.7 Å². The second-order valence-corrected chi connectivity index (χ2v) is 8.46. The first kappa shape index (κ1) is 23.6. The van der Waals surface area contributed by atoms with Crippen LogP contribution in [0.3, 0.4) is 0 Å². The van der Waals surface area contributed by atoms with E-state index in [9.17, 15) is 4.79 Å². The molecule has 0 N–H and O–H groups in total. The van der Waals surface area contributed by atoms with Gasteiger partial charge in [0.1, 0.15) is 35.3 Å². The van der Waals surface area contributed by atoms with E-state index >= 15 is 0 Å². The van der Waals surface area contributed by atoms with Gasteiger partial charge in [0.25, 0.3) is 0 Å². The maximum absolute atomic E-state index is 13.4. The van der Waals surface area contributed by atoms with E-state index in [1.54, 1.807) is 58.6 Å². The summed E-state index contributed by atoms with van der Waals surface area (Å²) in [4.78, 5) is 15.5. The van der Waals surface area contributed by atoms with E-state index in [1.807, 2.05) is 24.3 Å². The van der Waals surface area contributed by atoms with Crippen molar-refractivity contribution in [3.8, 4) is 34.5 Å². The van der Waals surface area contributed by atoms with Crippen molar-refractivity contribution in [2.45, 2.75) is 20.0 Å². The van der Waals surface area contributed by atoms with Crippen LogP contribution in [-0.4, -0.2) is 33.0 Å². The number of benzene rings is 3. The maximum atomic E-state index is 13.4. The van der Waals surface area contributed by atoms with Gasteiger partial charge in [0, 0.05) is 13.1 Å². The number of methoxy groups -OCH3 is 3. The molecule has 0 fully saturated rings. The molecule has 0 aliphatic carbocycles. The van der Waals surface area contributed by atoms with Crippen molar-refractivity contribution < 1.29 is 28.1 Å². The fraction of sp³-hybridized carbons (Fsp3) is 0.250. The lowest BCUT2D eigenvalue weighted by Gasteiger charge is -2.29. The molecule has 0 unspecified atom stereocenters. The average Bonchev–Trinajstić information content (AvgIpc) is 2.91. The van der Waals surface area contributed by atoms with Gasteiger partial charge >= 0.3 is 0 Å². The van der Waals surface area contributed by atoms with E-state index in [0.29, 0.717) is 65.3 Å². The Bertz CT molecular complexity index is 1460. The zero-order valence-electron chi connectivity index (χ0n) is 20.6. The molecule has 186 valence electrons. The third kappa shape index (κ3) is 4.43. The summed E-state index contributed by atoms with van der Waals surface area (Å²) in [5.41, 5.74) is 2.15. The molecule has 3 aromatic carbocycles. The van der Waals surface area contributed by atoms with Gasteiger partial charge in [-0.05, 0) is 61.0 Å². The minimum absolute atomic E-state index is 0.159. The van der Waals surface area contributed by atoms with Gasteiger partial charge in [-0.1, -0.05) is 6.07 Å². The van der Waals surface area contributed by atoms with Gasteiger partial charge in [-0.15, -0.1) is 0 Å².